The first kappa shape index (κ1) is 12.7. The van der Waals surface area contributed by atoms with Gasteiger partial charge >= 0.3 is 0 Å². The van der Waals surface area contributed by atoms with E-state index in [2.05, 4.69) is 28.1 Å². The van der Waals surface area contributed by atoms with Crippen molar-refractivity contribution in [3.63, 3.8) is 0 Å². The summed E-state index contributed by atoms with van der Waals surface area (Å²) in [6.07, 6.45) is 1.04. The Hall–Kier alpha value is -0.380. The lowest BCUT2D eigenvalue weighted by Crippen LogP contribution is -2.26. The first-order valence-electron chi connectivity index (χ1n) is 4.92. The third-order valence-corrected chi connectivity index (χ3v) is 3.04. The van der Waals surface area contributed by atoms with Crippen LogP contribution in [0.1, 0.15) is 18.1 Å². The van der Waals surface area contributed by atoms with Gasteiger partial charge in [0.05, 0.1) is 0 Å². The quantitative estimate of drug-likeness (QED) is 0.606. The molecule has 1 aromatic carbocycles. The minimum atomic E-state index is -0.646. The maximum atomic E-state index is 5.34. The summed E-state index contributed by atoms with van der Waals surface area (Å²) in [7, 11) is 3.30. The summed E-state index contributed by atoms with van der Waals surface area (Å²) < 4.78 is 10.7. The molecule has 3 heteroatoms. The standard InChI is InChI=1S/C12H17BrO2/c1-12(14-2,15-3)11-6-4-10(5-7-11)8-9-13/h4-7H,8-9H2,1-3H3. The van der Waals surface area contributed by atoms with E-state index in [1.54, 1.807) is 14.2 Å². The number of hydrogen-bond acceptors (Lipinski definition) is 2. The highest BCUT2D eigenvalue weighted by molar-refractivity contribution is 9.09. The van der Waals surface area contributed by atoms with E-state index in [1.165, 1.54) is 5.56 Å². The van der Waals surface area contributed by atoms with E-state index in [-0.39, 0.29) is 0 Å². The molecule has 0 aliphatic carbocycles. The Morgan fingerprint density at radius 1 is 1.13 bits per heavy atom. The largest absolute Gasteiger partial charge is 0.349 e. The first-order chi connectivity index (χ1) is 7.16. The van der Waals surface area contributed by atoms with Gasteiger partial charge in [0.1, 0.15) is 0 Å². The van der Waals surface area contributed by atoms with Gasteiger partial charge < -0.3 is 9.47 Å². The summed E-state index contributed by atoms with van der Waals surface area (Å²) in [5.74, 6) is -0.646. The van der Waals surface area contributed by atoms with Crippen LogP contribution >= 0.6 is 15.9 Å². The van der Waals surface area contributed by atoms with Gasteiger partial charge in [-0.1, -0.05) is 40.2 Å². The van der Waals surface area contributed by atoms with Gasteiger partial charge in [-0.3, -0.25) is 0 Å². The predicted octanol–water partition coefficient (Wildman–Crippen LogP) is 3.09. The van der Waals surface area contributed by atoms with Crippen molar-refractivity contribution in [2.45, 2.75) is 19.1 Å². The Labute approximate surface area is 99.7 Å². The van der Waals surface area contributed by atoms with Crippen LogP contribution in [-0.4, -0.2) is 19.5 Å². The van der Waals surface area contributed by atoms with Crippen LogP contribution in [-0.2, 0) is 21.7 Å². The number of aryl methyl sites for hydroxylation is 1. The van der Waals surface area contributed by atoms with Crippen molar-refractivity contribution < 1.29 is 9.47 Å². The van der Waals surface area contributed by atoms with E-state index >= 15 is 0 Å². The van der Waals surface area contributed by atoms with Crippen LogP contribution in [0.15, 0.2) is 24.3 Å². The molecule has 0 radical (unpaired) electrons. The van der Waals surface area contributed by atoms with E-state index in [9.17, 15) is 0 Å². The summed E-state index contributed by atoms with van der Waals surface area (Å²) in [6, 6.07) is 8.30. The van der Waals surface area contributed by atoms with Gasteiger partial charge in [0.15, 0.2) is 5.79 Å². The molecule has 1 aromatic rings. The fourth-order valence-electron chi connectivity index (χ4n) is 1.40. The van der Waals surface area contributed by atoms with Gasteiger partial charge in [0.2, 0.25) is 0 Å². The van der Waals surface area contributed by atoms with E-state index in [0.29, 0.717) is 0 Å². The summed E-state index contributed by atoms with van der Waals surface area (Å²) in [6.45, 7) is 1.91. The van der Waals surface area contributed by atoms with E-state index in [4.69, 9.17) is 9.47 Å². The van der Waals surface area contributed by atoms with Gasteiger partial charge in [0, 0.05) is 25.1 Å². The number of hydrogen-bond donors (Lipinski definition) is 0. The maximum absolute atomic E-state index is 5.34. The first-order valence-corrected chi connectivity index (χ1v) is 6.04. The van der Waals surface area contributed by atoms with Crippen molar-refractivity contribution in [3.05, 3.63) is 35.4 Å². The molecule has 0 atom stereocenters. The highest BCUT2D eigenvalue weighted by Gasteiger charge is 2.24. The van der Waals surface area contributed by atoms with Crippen molar-refractivity contribution in [3.8, 4) is 0 Å². The molecule has 0 aliphatic rings. The minimum absolute atomic E-state index is 0.646. The molecule has 84 valence electrons. The second-order valence-corrected chi connectivity index (χ2v) is 4.28. The van der Waals surface area contributed by atoms with Gasteiger partial charge in [0.25, 0.3) is 0 Å². The summed E-state index contributed by atoms with van der Waals surface area (Å²) in [5, 5.41) is 0.984. The second kappa shape index (κ2) is 5.64. The zero-order valence-electron chi connectivity index (χ0n) is 9.42. The molecule has 1 rings (SSSR count). The fraction of sp³-hybridized carbons (Fsp3) is 0.500. The fourth-order valence-corrected chi connectivity index (χ4v) is 1.86. The number of methoxy groups -OCH3 is 2. The van der Waals surface area contributed by atoms with Crippen LogP contribution in [0, 0.1) is 0 Å². The number of benzene rings is 1. The zero-order chi connectivity index (χ0) is 11.3. The molecular formula is C12H17BrO2. The topological polar surface area (TPSA) is 18.5 Å². The van der Waals surface area contributed by atoms with Gasteiger partial charge in [-0.05, 0) is 18.9 Å². The van der Waals surface area contributed by atoms with Crippen LogP contribution in [0.5, 0.6) is 0 Å². The Morgan fingerprint density at radius 3 is 2.07 bits per heavy atom. The zero-order valence-corrected chi connectivity index (χ0v) is 11.0. The van der Waals surface area contributed by atoms with Crippen LogP contribution in [0.25, 0.3) is 0 Å². The number of alkyl halides is 1. The highest BCUT2D eigenvalue weighted by Crippen LogP contribution is 2.25. The molecule has 0 fully saturated rings. The lowest BCUT2D eigenvalue weighted by molar-refractivity contribution is -0.201. The van der Waals surface area contributed by atoms with Crippen LogP contribution in [0.3, 0.4) is 0 Å². The predicted molar refractivity (Wildman–Crippen MR) is 65.3 cm³/mol. The van der Waals surface area contributed by atoms with Gasteiger partial charge in [-0.25, -0.2) is 0 Å². The average Bonchev–Trinajstić information content (AvgIpc) is 2.29. The molecule has 0 amide bonds. The van der Waals surface area contributed by atoms with E-state index in [0.717, 1.165) is 17.3 Å². The Balaban J connectivity index is 2.87. The molecular weight excluding hydrogens is 256 g/mol. The summed E-state index contributed by atoms with van der Waals surface area (Å²) >= 11 is 3.42. The second-order valence-electron chi connectivity index (χ2n) is 3.49. The Morgan fingerprint density at radius 2 is 1.67 bits per heavy atom. The SMILES string of the molecule is COC(C)(OC)c1ccc(CCBr)cc1. The number of halogens is 1. The molecule has 0 N–H and O–H groups in total. The number of rotatable bonds is 5. The summed E-state index contributed by atoms with van der Waals surface area (Å²) in [4.78, 5) is 0. The lowest BCUT2D eigenvalue weighted by Gasteiger charge is -2.26. The van der Waals surface area contributed by atoms with Gasteiger partial charge in [-0.2, -0.15) is 0 Å². The molecule has 0 heterocycles. The highest BCUT2D eigenvalue weighted by atomic mass is 79.9. The molecule has 15 heavy (non-hydrogen) atoms. The molecule has 2 nitrogen and oxygen atoms in total. The third-order valence-electron chi connectivity index (χ3n) is 2.64. The Bertz CT molecular complexity index is 291. The van der Waals surface area contributed by atoms with Crippen LogP contribution in [0.2, 0.25) is 0 Å². The van der Waals surface area contributed by atoms with Crippen molar-refractivity contribution in [2.24, 2.45) is 0 Å². The van der Waals surface area contributed by atoms with E-state index < -0.39 is 5.79 Å². The van der Waals surface area contributed by atoms with Crippen molar-refractivity contribution >= 4 is 15.9 Å². The normalized spacial score (nSPS) is 11.7. The minimum Gasteiger partial charge on any atom is -0.349 e. The van der Waals surface area contributed by atoms with Crippen molar-refractivity contribution in [1.29, 1.82) is 0 Å². The maximum Gasteiger partial charge on any atom is 0.191 e. The Kier molecular flexibility index (Phi) is 4.77. The monoisotopic (exact) mass is 272 g/mol. The smallest absolute Gasteiger partial charge is 0.191 e. The number of ether oxygens (including phenoxy) is 2. The van der Waals surface area contributed by atoms with Crippen LogP contribution in [0.4, 0.5) is 0 Å². The van der Waals surface area contributed by atoms with Crippen molar-refractivity contribution in [2.75, 3.05) is 19.5 Å². The summed E-state index contributed by atoms with van der Waals surface area (Å²) in [5.41, 5.74) is 2.34. The molecule has 0 aromatic heterocycles. The third kappa shape index (κ3) is 3.03. The molecule has 0 saturated carbocycles. The molecule has 0 saturated heterocycles. The molecule has 0 unspecified atom stereocenters. The van der Waals surface area contributed by atoms with Crippen molar-refractivity contribution in [1.82, 2.24) is 0 Å². The van der Waals surface area contributed by atoms with E-state index in [1.807, 2.05) is 19.1 Å². The molecule has 0 aliphatic heterocycles. The lowest BCUT2D eigenvalue weighted by atomic mass is 10.0. The van der Waals surface area contributed by atoms with Crippen LogP contribution < -0.4 is 0 Å². The molecule has 0 spiro atoms. The average molecular weight is 273 g/mol. The van der Waals surface area contributed by atoms with Gasteiger partial charge in [-0.15, -0.1) is 0 Å². The molecule has 0 bridgehead atoms.